The van der Waals surface area contributed by atoms with Crippen LogP contribution in [0.4, 0.5) is 0 Å². The minimum absolute atomic E-state index is 0.179. The van der Waals surface area contributed by atoms with Crippen molar-refractivity contribution in [2.45, 2.75) is 53.0 Å². The first-order valence-corrected chi connectivity index (χ1v) is 6.44. The Labute approximate surface area is 97.1 Å². The van der Waals surface area contributed by atoms with Gasteiger partial charge in [0.1, 0.15) is 0 Å². The van der Waals surface area contributed by atoms with Gasteiger partial charge in [-0.3, -0.25) is 0 Å². The van der Waals surface area contributed by atoms with E-state index in [0.717, 1.165) is 13.1 Å². The first-order chi connectivity index (χ1) is 6.95. The lowest BCUT2D eigenvalue weighted by Crippen LogP contribution is -2.13. The fourth-order valence-electron chi connectivity index (χ4n) is 1.29. The number of aromatic nitrogens is 1. The van der Waals surface area contributed by atoms with Crippen LogP contribution in [0.25, 0.3) is 0 Å². The zero-order valence-corrected chi connectivity index (χ0v) is 11.3. The summed E-state index contributed by atoms with van der Waals surface area (Å²) in [5.74, 6) is 0. The highest BCUT2D eigenvalue weighted by Crippen LogP contribution is 2.28. The second-order valence-corrected chi connectivity index (χ2v) is 6.04. The molecule has 0 radical (unpaired) electrons. The molecule has 0 aliphatic heterocycles. The predicted octanol–water partition coefficient (Wildman–Crippen LogP) is 3.25. The normalized spacial score (nSPS) is 12.1. The van der Waals surface area contributed by atoms with Gasteiger partial charge in [-0.1, -0.05) is 27.7 Å². The second-order valence-electron chi connectivity index (χ2n) is 4.95. The topological polar surface area (TPSA) is 24.9 Å². The smallest absolute Gasteiger partial charge is 0.0984 e. The molecule has 0 saturated heterocycles. The van der Waals surface area contributed by atoms with Crippen molar-refractivity contribution in [3.63, 3.8) is 0 Å². The average molecular weight is 226 g/mol. The molecule has 0 spiro atoms. The first kappa shape index (κ1) is 12.7. The van der Waals surface area contributed by atoms with Gasteiger partial charge in [-0.05, 0) is 19.9 Å². The number of hydrogen-bond donors (Lipinski definition) is 1. The molecule has 1 aromatic heterocycles. The Bertz CT molecular complexity index is 310. The Balaban J connectivity index is 2.69. The lowest BCUT2D eigenvalue weighted by molar-refractivity contribution is 0.584. The summed E-state index contributed by atoms with van der Waals surface area (Å²) in [6.07, 6.45) is 1.18. The predicted molar refractivity (Wildman–Crippen MR) is 67.5 cm³/mol. The quantitative estimate of drug-likeness (QED) is 0.797. The molecule has 0 atom stereocenters. The maximum absolute atomic E-state index is 4.64. The summed E-state index contributed by atoms with van der Waals surface area (Å²) in [5.41, 5.74) is 1.37. The number of aryl methyl sites for hydroxylation is 1. The molecule has 0 fully saturated rings. The summed E-state index contributed by atoms with van der Waals surface area (Å²) in [7, 11) is 0. The van der Waals surface area contributed by atoms with Gasteiger partial charge in [-0.2, -0.15) is 0 Å². The molecule has 86 valence electrons. The second kappa shape index (κ2) is 5.08. The summed E-state index contributed by atoms with van der Waals surface area (Å²) in [5, 5.41) is 4.67. The molecule has 0 saturated carbocycles. The van der Waals surface area contributed by atoms with Crippen molar-refractivity contribution in [1.82, 2.24) is 10.3 Å². The van der Waals surface area contributed by atoms with Gasteiger partial charge in [0, 0.05) is 16.8 Å². The highest BCUT2D eigenvalue weighted by Gasteiger charge is 2.19. The summed E-state index contributed by atoms with van der Waals surface area (Å²) in [6, 6.07) is 0. The van der Waals surface area contributed by atoms with E-state index in [4.69, 9.17) is 0 Å². The van der Waals surface area contributed by atoms with Gasteiger partial charge in [0.25, 0.3) is 0 Å². The largest absolute Gasteiger partial charge is 0.312 e. The van der Waals surface area contributed by atoms with Crippen LogP contribution in [0.5, 0.6) is 0 Å². The lowest BCUT2D eigenvalue weighted by atomic mass is 9.98. The Hall–Kier alpha value is -0.410. The molecule has 1 aromatic rings. The fraction of sp³-hybridized carbons (Fsp3) is 0.750. The summed E-state index contributed by atoms with van der Waals surface area (Å²) >= 11 is 1.84. The van der Waals surface area contributed by atoms with E-state index < -0.39 is 0 Å². The number of nitrogens with zero attached hydrogens (tertiary/aromatic N) is 1. The Morgan fingerprint density at radius 1 is 1.33 bits per heavy atom. The van der Waals surface area contributed by atoms with E-state index in [-0.39, 0.29) is 5.41 Å². The molecule has 15 heavy (non-hydrogen) atoms. The van der Waals surface area contributed by atoms with Gasteiger partial charge in [-0.15, -0.1) is 11.3 Å². The third-order valence-corrected chi connectivity index (χ3v) is 3.83. The van der Waals surface area contributed by atoms with E-state index in [1.54, 1.807) is 0 Å². The number of thiazole rings is 1. The van der Waals surface area contributed by atoms with Crippen molar-refractivity contribution in [3.8, 4) is 0 Å². The lowest BCUT2D eigenvalue weighted by Gasteiger charge is -2.13. The molecule has 1 rings (SSSR count). The van der Waals surface area contributed by atoms with Crippen LogP contribution in [0.1, 0.15) is 49.7 Å². The van der Waals surface area contributed by atoms with Gasteiger partial charge >= 0.3 is 0 Å². The summed E-state index contributed by atoms with van der Waals surface area (Å²) in [4.78, 5) is 6.02. The van der Waals surface area contributed by atoms with Crippen LogP contribution in [-0.4, -0.2) is 11.5 Å². The Morgan fingerprint density at radius 3 is 2.47 bits per heavy atom. The SMILES string of the molecule is CCCNCc1sc(C(C)(C)C)nc1C. The molecule has 1 N–H and O–H groups in total. The van der Waals surface area contributed by atoms with E-state index in [1.165, 1.54) is 22.0 Å². The van der Waals surface area contributed by atoms with Gasteiger partial charge < -0.3 is 5.32 Å². The van der Waals surface area contributed by atoms with Gasteiger partial charge in [0.15, 0.2) is 0 Å². The maximum Gasteiger partial charge on any atom is 0.0984 e. The third-order valence-electron chi connectivity index (χ3n) is 2.25. The fourth-order valence-corrected chi connectivity index (χ4v) is 2.38. The number of rotatable bonds is 4. The summed E-state index contributed by atoms with van der Waals surface area (Å²) in [6.45, 7) is 13.0. The van der Waals surface area contributed by atoms with Crippen molar-refractivity contribution >= 4 is 11.3 Å². The van der Waals surface area contributed by atoms with Gasteiger partial charge in [0.2, 0.25) is 0 Å². The molecular weight excluding hydrogens is 204 g/mol. The highest BCUT2D eigenvalue weighted by atomic mass is 32.1. The van der Waals surface area contributed by atoms with Crippen molar-refractivity contribution < 1.29 is 0 Å². The molecule has 2 nitrogen and oxygen atoms in total. The van der Waals surface area contributed by atoms with E-state index in [9.17, 15) is 0 Å². The molecule has 3 heteroatoms. The number of nitrogens with one attached hydrogen (secondary N) is 1. The molecule has 0 amide bonds. The Kier molecular flexibility index (Phi) is 4.29. The standard InChI is InChI=1S/C12H22N2S/c1-6-7-13-8-10-9(2)14-11(15-10)12(3,4)5/h13H,6-8H2,1-5H3. The van der Waals surface area contributed by atoms with E-state index >= 15 is 0 Å². The Morgan fingerprint density at radius 2 is 2.00 bits per heavy atom. The number of hydrogen-bond acceptors (Lipinski definition) is 3. The molecule has 0 aromatic carbocycles. The highest BCUT2D eigenvalue weighted by molar-refractivity contribution is 7.11. The molecule has 0 unspecified atom stereocenters. The van der Waals surface area contributed by atoms with Crippen molar-refractivity contribution in [2.75, 3.05) is 6.54 Å². The van der Waals surface area contributed by atoms with Crippen LogP contribution in [0.2, 0.25) is 0 Å². The van der Waals surface area contributed by atoms with Crippen molar-refractivity contribution in [1.29, 1.82) is 0 Å². The average Bonchev–Trinajstić information content (AvgIpc) is 2.48. The zero-order valence-electron chi connectivity index (χ0n) is 10.5. The van der Waals surface area contributed by atoms with E-state index in [0.29, 0.717) is 0 Å². The summed E-state index contributed by atoms with van der Waals surface area (Å²) < 4.78 is 0. The minimum atomic E-state index is 0.179. The van der Waals surface area contributed by atoms with Crippen LogP contribution in [0, 0.1) is 6.92 Å². The van der Waals surface area contributed by atoms with Crippen LogP contribution >= 0.6 is 11.3 Å². The molecule has 1 heterocycles. The molecule has 0 bridgehead atoms. The molecular formula is C12H22N2S. The van der Waals surface area contributed by atoms with Crippen molar-refractivity contribution in [2.24, 2.45) is 0 Å². The van der Waals surface area contributed by atoms with Crippen LogP contribution < -0.4 is 5.32 Å². The van der Waals surface area contributed by atoms with Crippen LogP contribution in [0.15, 0.2) is 0 Å². The van der Waals surface area contributed by atoms with E-state index in [1.807, 2.05) is 11.3 Å². The molecule has 0 aliphatic carbocycles. The van der Waals surface area contributed by atoms with Crippen LogP contribution in [0.3, 0.4) is 0 Å². The third kappa shape index (κ3) is 3.58. The monoisotopic (exact) mass is 226 g/mol. The van der Waals surface area contributed by atoms with Crippen LogP contribution in [-0.2, 0) is 12.0 Å². The van der Waals surface area contributed by atoms with Gasteiger partial charge in [-0.25, -0.2) is 4.98 Å². The zero-order chi connectivity index (χ0) is 11.5. The maximum atomic E-state index is 4.64. The first-order valence-electron chi connectivity index (χ1n) is 5.62. The molecule has 0 aliphatic rings. The van der Waals surface area contributed by atoms with Crippen molar-refractivity contribution in [3.05, 3.63) is 15.6 Å². The van der Waals surface area contributed by atoms with E-state index in [2.05, 4.69) is 44.9 Å². The van der Waals surface area contributed by atoms with Gasteiger partial charge in [0.05, 0.1) is 10.7 Å². The minimum Gasteiger partial charge on any atom is -0.312 e.